The minimum Gasteiger partial charge on any atom is -0.387 e. The Bertz CT molecular complexity index is 662. The molecule has 2 rings (SSSR count). The van der Waals surface area contributed by atoms with Crippen LogP contribution in [0.15, 0.2) is 47.4 Å². The van der Waals surface area contributed by atoms with Gasteiger partial charge in [-0.2, -0.15) is 0 Å². The number of hydrogen-bond acceptors (Lipinski definition) is 3. The average molecular weight is 356 g/mol. The molecule has 1 atom stereocenters. The summed E-state index contributed by atoms with van der Waals surface area (Å²) < 4.78 is 0. The van der Waals surface area contributed by atoms with Gasteiger partial charge in [0.15, 0.2) is 0 Å². The van der Waals surface area contributed by atoms with Gasteiger partial charge in [0.25, 0.3) is 5.91 Å². The van der Waals surface area contributed by atoms with E-state index < -0.39 is 6.10 Å². The number of amides is 1. The zero-order valence-corrected chi connectivity index (χ0v) is 14.2. The summed E-state index contributed by atoms with van der Waals surface area (Å²) in [5, 5.41) is 13.5. The van der Waals surface area contributed by atoms with E-state index in [4.69, 9.17) is 23.2 Å². The molecule has 0 saturated heterocycles. The highest BCUT2D eigenvalue weighted by atomic mass is 35.5. The SMILES string of the molecule is CSc1ccc(C(O)CNC(=O)c2ccc(Cl)c(Cl)c2)cc1. The molecule has 22 heavy (non-hydrogen) atoms. The maximum Gasteiger partial charge on any atom is 0.251 e. The summed E-state index contributed by atoms with van der Waals surface area (Å²) in [5.41, 5.74) is 1.16. The molecule has 2 N–H and O–H groups in total. The van der Waals surface area contributed by atoms with Crippen molar-refractivity contribution in [1.29, 1.82) is 0 Å². The van der Waals surface area contributed by atoms with Gasteiger partial charge >= 0.3 is 0 Å². The molecule has 0 aromatic heterocycles. The molecule has 0 saturated carbocycles. The first-order valence-corrected chi connectivity index (χ1v) is 8.54. The number of aliphatic hydroxyl groups excluding tert-OH is 1. The van der Waals surface area contributed by atoms with Gasteiger partial charge in [-0.3, -0.25) is 4.79 Å². The van der Waals surface area contributed by atoms with Gasteiger partial charge in [0, 0.05) is 17.0 Å². The highest BCUT2D eigenvalue weighted by Crippen LogP contribution is 2.23. The third kappa shape index (κ3) is 4.40. The van der Waals surface area contributed by atoms with Crippen molar-refractivity contribution in [3.63, 3.8) is 0 Å². The molecule has 0 aliphatic carbocycles. The Hall–Kier alpha value is -1.20. The van der Waals surface area contributed by atoms with Crippen LogP contribution in [0.25, 0.3) is 0 Å². The minimum atomic E-state index is -0.761. The number of nitrogens with one attached hydrogen (secondary N) is 1. The zero-order chi connectivity index (χ0) is 16.1. The fourth-order valence-corrected chi connectivity index (χ4v) is 2.58. The summed E-state index contributed by atoms with van der Waals surface area (Å²) in [5.74, 6) is -0.307. The second kappa shape index (κ2) is 7.88. The first kappa shape index (κ1) is 17.2. The van der Waals surface area contributed by atoms with Gasteiger partial charge in [-0.15, -0.1) is 11.8 Å². The Morgan fingerprint density at radius 2 is 1.86 bits per heavy atom. The van der Waals surface area contributed by atoms with E-state index in [9.17, 15) is 9.90 Å². The first-order valence-electron chi connectivity index (χ1n) is 6.56. The van der Waals surface area contributed by atoms with Crippen molar-refractivity contribution < 1.29 is 9.90 Å². The number of hydrogen-bond donors (Lipinski definition) is 2. The number of aliphatic hydroxyl groups is 1. The Kier molecular flexibility index (Phi) is 6.15. The van der Waals surface area contributed by atoms with Crippen LogP contribution in [0.1, 0.15) is 22.0 Å². The van der Waals surface area contributed by atoms with Crippen LogP contribution < -0.4 is 5.32 Å². The maximum atomic E-state index is 12.0. The molecule has 0 spiro atoms. The van der Waals surface area contributed by atoms with Gasteiger partial charge in [0.2, 0.25) is 0 Å². The van der Waals surface area contributed by atoms with Crippen molar-refractivity contribution in [1.82, 2.24) is 5.32 Å². The van der Waals surface area contributed by atoms with Crippen molar-refractivity contribution >= 4 is 40.9 Å². The van der Waals surface area contributed by atoms with Crippen molar-refractivity contribution in [2.75, 3.05) is 12.8 Å². The molecule has 1 amide bonds. The predicted octanol–water partition coefficient (Wildman–Crippen LogP) is 4.18. The Balaban J connectivity index is 1.95. The molecule has 1 unspecified atom stereocenters. The summed E-state index contributed by atoms with van der Waals surface area (Å²) in [4.78, 5) is 13.1. The summed E-state index contributed by atoms with van der Waals surface area (Å²) >= 11 is 13.3. The average Bonchev–Trinajstić information content (AvgIpc) is 2.54. The summed E-state index contributed by atoms with van der Waals surface area (Å²) in [7, 11) is 0. The van der Waals surface area contributed by atoms with Crippen molar-refractivity contribution in [2.45, 2.75) is 11.0 Å². The van der Waals surface area contributed by atoms with Crippen LogP contribution in [-0.4, -0.2) is 23.8 Å². The molecule has 0 aliphatic rings. The van der Waals surface area contributed by atoms with Gasteiger partial charge in [-0.1, -0.05) is 35.3 Å². The number of carbonyl (C=O) groups is 1. The standard InChI is InChI=1S/C16H15Cl2NO2S/c1-22-12-5-2-10(3-6-12)15(20)9-19-16(21)11-4-7-13(17)14(18)8-11/h2-8,15,20H,9H2,1H3,(H,19,21). The number of benzene rings is 2. The zero-order valence-electron chi connectivity index (χ0n) is 11.8. The normalized spacial score (nSPS) is 12.0. The fourth-order valence-electron chi connectivity index (χ4n) is 1.87. The number of thioether (sulfide) groups is 1. The van der Waals surface area contributed by atoms with E-state index in [1.165, 1.54) is 6.07 Å². The third-order valence-electron chi connectivity index (χ3n) is 3.14. The quantitative estimate of drug-likeness (QED) is 0.791. The molecule has 2 aromatic rings. The summed E-state index contributed by atoms with van der Waals surface area (Å²) in [6.07, 6.45) is 1.23. The molecule has 0 fully saturated rings. The Labute approximate surface area is 143 Å². The number of halogens is 2. The summed E-state index contributed by atoms with van der Waals surface area (Å²) in [6, 6.07) is 12.2. The van der Waals surface area contributed by atoms with E-state index >= 15 is 0 Å². The minimum absolute atomic E-state index is 0.123. The van der Waals surface area contributed by atoms with Gasteiger partial charge in [0.1, 0.15) is 0 Å². The molecule has 0 heterocycles. The van der Waals surface area contributed by atoms with E-state index in [-0.39, 0.29) is 12.5 Å². The molecule has 0 bridgehead atoms. The van der Waals surface area contributed by atoms with Crippen molar-refractivity contribution in [3.8, 4) is 0 Å². The van der Waals surface area contributed by atoms with E-state index in [0.29, 0.717) is 15.6 Å². The Morgan fingerprint density at radius 1 is 1.18 bits per heavy atom. The molecule has 3 nitrogen and oxygen atoms in total. The molecule has 116 valence electrons. The smallest absolute Gasteiger partial charge is 0.251 e. The van der Waals surface area contributed by atoms with Crippen LogP contribution in [0, 0.1) is 0 Å². The van der Waals surface area contributed by atoms with Gasteiger partial charge in [-0.25, -0.2) is 0 Å². The molecule has 2 aromatic carbocycles. The largest absolute Gasteiger partial charge is 0.387 e. The molecular formula is C16H15Cl2NO2S. The van der Waals surface area contributed by atoms with E-state index in [1.807, 2.05) is 30.5 Å². The van der Waals surface area contributed by atoms with E-state index in [2.05, 4.69) is 5.32 Å². The molecule has 0 radical (unpaired) electrons. The van der Waals surface area contributed by atoms with Gasteiger partial charge in [-0.05, 0) is 42.2 Å². The number of carbonyl (C=O) groups excluding carboxylic acids is 1. The van der Waals surface area contributed by atoms with Crippen LogP contribution in [0.4, 0.5) is 0 Å². The Morgan fingerprint density at radius 3 is 2.45 bits per heavy atom. The first-order chi connectivity index (χ1) is 10.5. The van der Waals surface area contributed by atoms with E-state index in [1.54, 1.807) is 23.9 Å². The monoisotopic (exact) mass is 355 g/mol. The molecular weight excluding hydrogens is 341 g/mol. The highest BCUT2D eigenvalue weighted by Gasteiger charge is 2.12. The fraction of sp³-hybridized carbons (Fsp3) is 0.188. The second-order valence-corrected chi connectivity index (χ2v) is 6.32. The lowest BCUT2D eigenvalue weighted by atomic mass is 10.1. The third-order valence-corrected chi connectivity index (χ3v) is 4.62. The second-order valence-electron chi connectivity index (χ2n) is 4.63. The topological polar surface area (TPSA) is 49.3 Å². The maximum absolute atomic E-state index is 12.0. The van der Waals surface area contributed by atoms with Crippen molar-refractivity contribution in [3.05, 3.63) is 63.6 Å². The van der Waals surface area contributed by atoms with Crippen molar-refractivity contribution in [2.24, 2.45) is 0 Å². The lowest BCUT2D eigenvalue weighted by Crippen LogP contribution is -2.28. The van der Waals surface area contributed by atoms with Crippen LogP contribution in [0.2, 0.25) is 10.0 Å². The van der Waals surface area contributed by atoms with Crippen LogP contribution in [0.5, 0.6) is 0 Å². The molecule has 6 heteroatoms. The predicted molar refractivity (Wildman–Crippen MR) is 92.0 cm³/mol. The lowest BCUT2D eigenvalue weighted by molar-refractivity contribution is 0.0916. The van der Waals surface area contributed by atoms with Crippen LogP contribution in [0.3, 0.4) is 0 Å². The number of rotatable bonds is 5. The lowest BCUT2D eigenvalue weighted by Gasteiger charge is -2.13. The molecule has 0 aliphatic heterocycles. The van der Waals surface area contributed by atoms with Crippen LogP contribution in [-0.2, 0) is 0 Å². The highest BCUT2D eigenvalue weighted by molar-refractivity contribution is 7.98. The summed E-state index contributed by atoms with van der Waals surface area (Å²) in [6.45, 7) is 0.123. The van der Waals surface area contributed by atoms with Crippen LogP contribution >= 0.6 is 35.0 Å². The van der Waals surface area contributed by atoms with Gasteiger partial charge < -0.3 is 10.4 Å². The van der Waals surface area contributed by atoms with Gasteiger partial charge in [0.05, 0.1) is 16.1 Å². The van der Waals surface area contributed by atoms with E-state index in [0.717, 1.165) is 10.5 Å².